The van der Waals surface area contributed by atoms with Crippen LogP contribution in [0.15, 0.2) is 67.1 Å². The lowest BCUT2D eigenvalue weighted by molar-refractivity contribution is -0.137. The van der Waals surface area contributed by atoms with Crippen LogP contribution < -0.4 is 10.6 Å². The van der Waals surface area contributed by atoms with E-state index in [-0.39, 0.29) is 31.9 Å². The molecule has 9 nitrogen and oxygen atoms in total. The number of rotatable bonds is 10. The van der Waals surface area contributed by atoms with Crippen molar-refractivity contribution in [1.82, 2.24) is 20.6 Å². The first kappa shape index (κ1) is 23.9. The molecule has 0 bridgehead atoms. The Morgan fingerprint density at radius 2 is 1.69 bits per heavy atom. The number of carboxylic acid groups (broad SMARTS) is 1. The van der Waals surface area contributed by atoms with E-state index < -0.39 is 24.0 Å². The SMILES string of the molecule is O=C(O)CCC(NC(=O)OCC1c2ccccc2-c2ccccc21)C(=O)NCCc1cnccn1. The second kappa shape index (κ2) is 11.2. The number of hydrogen-bond donors (Lipinski definition) is 3. The molecule has 2 aromatic carbocycles. The van der Waals surface area contributed by atoms with E-state index in [2.05, 4.69) is 20.6 Å². The highest BCUT2D eigenvalue weighted by Crippen LogP contribution is 2.44. The molecule has 1 heterocycles. The summed E-state index contributed by atoms with van der Waals surface area (Å²) >= 11 is 0. The van der Waals surface area contributed by atoms with Crippen LogP contribution in [0.25, 0.3) is 11.1 Å². The molecular formula is C26H26N4O5. The predicted octanol–water partition coefficient (Wildman–Crippen LogP) is 2.91. The molecule has 4 rings (SSSR count). The van der Waals surface area contributed by atoms with Gasteiger partial charge >= 0.3 is 12.1 Å². The molecule has 1 unspecified atom stereocenters. The van der Waals surface area contributed by atoms with Crippen molar-refractivity contribution in [3.05, 3.63) is 83.9 Å². The number of fused-ring (bicyclic) bond motifs is 3. The number of carboxylic acids is 1. The topological polar surface area (TPSA) is 131 Å². The van der Waals surface area contributed by atoms with Crippen molar-refractivity contribution in [2.75, 3.05) is 13.2 Å². The van der Waals surface area contributed by atoms with Crippen molar-refractivity contribution in [3.63, 3.8) is 0 Å². The highest BCUT2D eigenvalue weighted by molar-refractivity contribution is 5.86. The Labute approximate surface area is 202 Å². The number of benzene rings is 2. The van der Waals surface area contributed by atoms with Crippen molar-refractivity contribution in [2.24, 2.45) is 0 Å². The zero-order valence-corrected chi connectivity index (χ0v) is 19.0. The van der Waals surface area contributed by atoms with Gasteiger partial charge in [0, 0.05) is 43.9 Å². The Kier molecular flexibility index (Phi) is 7.67. The summed E-state index contributed by atoms with van der Waals surface area (Å²) in [5, 5.41) is 14.3. The highest BCUT2D eigenvalue weighted by atomic mass is 16.5. The largest absolute Gasteiger partial charge is 0.481 e. The van der Waals surface area contributed by atoms with Crippen LogP contribution in [0.3, 0.4) is 0 Å². The fraction of sp³-hybridized carbons (Fsp3) is 0.269. The van der Waals surface area contributed by atoms with Crippen LogP contribution in [-0.4, -0.2) is 52.2 Å². The lowest BCUT2D eigenvalue weighted by Gasteiger charge is -2.19. The molecule has 0 spiro atoms. The van der Waals surface area contributed by atoms with Crippen molar-refractivity contribution in [3.8, 4) is 11.1 Å². The average Bonchev–Trinajstić information content (AvgIpc) is 3.19. The van der Waals surface area contributed by atoms with Crippen molar-refractivity contribution < 1.29 is 24.2 Å². The number of nitrogens with zero attached hydrogens (tertiary/aromatic N) is 2. The fourth-order valence-electron chi connectivity index (χ4n) is 4.21. The van der Waals surface area contributed by atoms with Gasteiger partial charge in [0.25, 0.3) is 0 Å². The van der Waals surface area contributed by atoms with Gasteiger partial charge in [-0.15, -0.1) is 0 Å². The number of aliphatic carboxylic acids is 1. The number of aromatic nitrogens is 2. The van der Waals surface area contributed by atoms with Gasteiger partial charge in [-0.25, -0.2) is 4.79 Å². The summed E-state index contributed by atoms with van der Waals surface area (Å²) in [4.78, 5) is 44.4. The van der Waals surface area contributed by atoms with Crippen LogP contribution in [0.5, 0.6) is 0 Å². The van der Waals surface area contributed by atoms with E-state index in [1.165, 1.54) is 0 Å². The summed E-state index contributed by atoms with van der Waals surface area (Å²) in [6.45, 7) is 0.368. The third-order valence-electron chi connectivity index (χ3n) is 5.90. The van der Waals surface area contributed by atoms with E-state index in [1.54, 1.807) is 18.6 Å². The lowest BCUT2D eigenvalue weighted by atomic mass is 9.98. The van der Waals surface area contributed by atoms with Gasteiger partial charge in [0.15, 0.2) is 0 Å². The minimum absolute atomic E-state index is 0.0590. The molecule has 3 N–H and O–H groups in total. The molecule has 35 heavy (non-hydrogen) atoms. The summed E-state index contributed by atoms with van der Waals surface area (Å²) in [6.07, 6.45) is 4.07. The van der Waals surface area contributed by atoms with Gasteiger partial charge in [-0.3, -0.25) is 19.6 Å². The minimum Gasteiger partial charge on any atom is -0.481 e. The van der Waals surface area contributed by atoms with Gasteiger partial charge in [0.1, 0.15) is 12.6 Å². The first-order valence-electron chi connectivity index (χ1n) is 11.4. The second-order valence-corrected chi connectivity index (χ2v) is 8.19. The van der Waals surface area contributed by atoms with Crippen LogP contribution in [0.1, 0.15) is 35.6 Å². The van der Waals surface area contributed by atoms with Gasteiger partial charge in [0.2, 0.25) is 5.91 Å². The van der Waals surface area contributed by atoms with E-state index in [0.29, 0.717) is 12.1 Å². The quantitative estimate of drug-likeness (QED) is 0.412. The summed E-state index contributed by atoms with van der Waals surface area (Å²) in [7, 11) is 0. The summed E-state index contributed by atoms with van der Waals surface area (Å²) < 4.78 is 5.51. The Morgan fingerprint density at radius 1 is 1.00 bits per heavy atom. The van der Waals surface area contributed by atoms with E-state index in [9.17, 15) is 14.4 Å². The van der Waals surface area contributed by atoms with Gasteiger partial charge in [0.05, 0.1) is 5.69 Å². The van der Waals surface area contributed by atoms with Crippen LogP contribution in [0.2, 0.25) is 0 Å². The molecule has 180 valence electrons. The molecule has 0 aliphatic heterocycles. The number of ether oxygens (including phenoxy) is 1. The molecule has 1 atom stereocenters. The minimum atomic E-state index is -1.06. The number of amides is 2. The van der Waals surface area contributed by atoms with E-state index in [1.807, 2.05) is 48.5 Å². The zero-order valence-electron chi connectivity index (χ0n) is 19.0. The highest BCUT2D eigenvalue weighted by Gasteiger charge is 2.30. The summed E-state index contributed by atoms with van der Waals surface area (Å²) in [6, 6.07) is 14.9. The Morgan fingerprint density at radius 3 is 2.31 bits per heavy atom. The third-order valence-corrected chi connectivity index (χ3v) is 5.90. The van der Waals surface area contributed by atoms with Crippen molar-refractivity contribution >= 4 is 18.0 Å². The number of carbonyl (C=O) groups is 3. The van der Waals surface area contributed by atoms with Gasteiger partial charge in [-0.1, -0.05) is 48.5 Å². The fourth-order valence-corrected chi connectivity index (χ4v) is 4.21. The van der Waals surface area contributed by atoms with E-state index >= 15 is 0 Å². The van der Waals surface area contributed by atoms with Crippen LogP contribution in [-0.2, 0) is 20.7 Å². The number of nitrogens with one attached hydrogen (secondary N) is 2. The maximum atomic E-state index is 12.7. The first-order chi connectivity index (χ1) is 17.0. The van der Waals surface area contributed by atoms with Crippen molar-refractivity contribution in [2.45, 2.75) is 31.2 Å². The van der Waals surface area contributed by atoms with Gasteiger partial charge in [-0.05, 0) is 28.7 Å². The smallest absolute Gasteiger partial charge is 0.407 e. The average molecular weight is 475 g/mol. The molecule has 1 aromatic heterocycles. The second-order valence-electron chi connectivity index (χ2n) is 8.19. The molecule has 9 heteroatoms. The summed E-state index contributed by atoms with van der Waals surface area (Å²) in [5.41, 5.74) is 5.08. The molecule has 1 aliphatic rings. The number of carbonyl (C=O) groups excluding carboxylic acids is 2. The van der Waals surface area contributed by atoms with Crippen LogP contribution >= 0.6 is 0 Å². The van der Waals surface area contributed by atoms with E-state index in [4.69, 9.17) is 9.84 Å². The molecule has 0 saturated carbocycles. The molecule has 0 saturated heterocycles. The molecule has 2 amide bonds. The number of alkyl carbamates (subject to hydrolysis) is 1. The van der Waals surface area contributed by atoms with Crippen LogP contribution in [0.4, 0.5) is 4.79 Å². The maximum absolute atomic E-state index is 12.7. The molecule has 0 fully saturated rings. The zero-order chi connectivity index (χ0) is 24.6. The third kappa shape index (κ3) is 6.00. The Bertz CT molecular complexity index is 1160. The normalized spacial score (nSPS) is 12.8. The summed E-state index contributed by atoms with van der Waals surface area (Å²) in [5.74, 6) is -1.66. The predicted molar refractivity (Wildman–Crippen MR) is 128 cm³/mol. The Balaban J connectivity index is 1.35. The lowest BCUT2D eigenvalue weighted by Crippen LogP contribution is -2.47. The molecule has 3 aromatic rings. The maximum Gasteiger partial charge on any atom is 0.407 e. The monoisotopic (exact) mass is 474 g/mol. The Hall–Kier alpha value is -4.27. The first-order valence-corrected chi connectivity index (χ1v) is 11.4. The van der Waals surface area contributed by atoms with Gasteiger partial charge in [-0.2, -0.15) is 0 Å². The molecule has 1 aliphatic carbocycles. The molecular weight excluding hydrogens is 448 g/mol. The van der Waals surface area contributed by atoms with Crippen molar-refractivity contribution in [1.29, 1.82) is 0 Å². The van der Waals surface area contributed by atoms with Gasteiger partial charge < -0.3 is 20.5 Å². The number of hydrogen-bond acceptors (Lipinski definition) is 6. The van der Waals surface area contributed by atoms with E-state index in [0.717, 1.165) is 22.3 Å². The molecule has 0 radical (unpaired) electrons. The van der Waals surface area contributed by atoms with Crippen LogP contribution in [0, 0.1) is 0 Å². The standard InChI is InChI=1S/C26H26N4O5/c31-24(32)10-9-23(25(33)29-12-11-17-15-27-13-14-28-17)30-26(34)35-16-22-20-7-3-1-5-18(20)19-6-2-4-8-21(19)22/h1-8,13-15,22-23H,9-12,16H2,(H,29,33)(H,30,34)(H,31,32).